The smallest absolute Gasteiger partial charge is 0.244 e. The third-order valence-corrected chi connectivity index (χ3v) is 6.14. The highest BCUT2D eigenvalue weighted by Crippen LogP contribution is 2.29. The number of benzene rings is 1. The number of rotatable bonds is 3. The molecule has 2 aromatic heterocycles. The van der Waals surface area contributed by atoms with E-state index in [1.807, 2.05) is 37.1 Å². The summed E-state index contributed by atoms with van der Waals surface area (Å²) in [7, 11) is 2.01. The molecule has 1 unspecified atom stereocenters. The number of nitrogens with one attached hydrogen (secondary N) is 2. The predicted molar refractivity (Wildman–Crippen MR) is 115 cm³/mol. The van der Waals surface area contributed by atoms with E-state index in [9.17, 15) is 4.79 Å². The van der Waals surface area contributed by atoms with E-state index in [4.69, 9.17) is 0 Å². The first-order valence-electron chi connectivity index (χ1n) is 10.3. The summed E-state index contributed by atoms with van der Waals surface area (Å²) in [5.41, 5.74) is 5.30. The minimum Gasteiger partial charge on any atom is -0.336 e. The Kier molecular flexibility index (Phi) is 4.81. The molecule has 3 aromatic rings. The summed E-state index contributed by atoms with van der Waals surface area (Å²) in [6.45, 7) is 4.93. The van der Waals surface area contributed by atoms with Gasteiger partial charge in [-0.2, -0.15) is 5.10 Å². The Morgan fingerprint density at radius 3 is 2.72 bits per heavy atom. The van der Waals surface area contributed by atoms with Gasteiger partial charge >= 0.3 is 0 Å². The minimum absolute atomic E-state index is 0.188. The van der Waals surface area contributed by atoms with Crippen LogP contribution in [0.3, 0.4) is 0 Å². The summed E-state index contributed by atoms with van der Waals surface area (Å²) in [6.07, 6.45) is 2.74. The lowest BCUT2D eigenvalue weighted by molar-refractivity contribution is -0.138. The number of nitrogens with zero attached hydrogens (tertiary/aromatic N) is 4. The molecule has 0 radical (unpaired) electrons. The first kappa shape index (κ1) is 18.3. The van der Waals surface area contributed by atoms with Gasteiger partial charge in [-0.1, -0.05) is 30.3 Å². The molecule has 29 heavy (non-hydrogen) atoms. The fourth-order valence-corrected chi connectivity index (χ4v) is 4.66. The van der Waals surface area contributed by atoms with Crippen LogP contribution in [0.5, 0.6) is 0 Å². The van der Waals surface area contributed by atoms with Gasteiger partial charge in [0.25, 0.3) is 0 Å². The Balaban J connectivity index is 1.45. The van der Waals surface area contributed by atoms with E-state index in [1.54, 1.807) is 0 Å². The summed E-state index contributed by atoms with van der Waals surface area (Å²) in [6, 6.07) is 9.96. The van der Waals surface area contributed by atoms with Crippen LogP contribution in [0.25, 0.3) is 11.0 Å². The highest BCUT2D eigenvalue weighted by atomic mass is 16.2. The van der Waals surface area contributed by atoms with E-state index in [0.717, 1.165) is 66.9 Å². The van der Waals surface area contributed by atoms with Gasteiger partial charge in [0, 0.05) is 56.4 Å². The number of piperazine rings is 1. The predicted octanol–water partition coefficient (Wildman–Crippen LogP) is -0.252. The van der Waals surface area contributed by atoms with Crippen LogP contribution in [-0.4, -0.2) is 71.5 Å². The molecule has 4 heterocycles. The molecule has 2 N–H and O–H groups in total. The molecule has 8 heteroatoms. The van der Waals surface area contributed by atoms with Crippen LogP contribution in [0, 0.1) is 0 Å². The van der Waals surface area contributed by atoms with E-state index >= 15 is 0 Å². The van der Waals surface area contributed by atoms with Gasteiger partial charge in [0.15, 0.2) is 13.5 Å². The van der Waals surface area contributed by atoms with Gasteiger partial charge in [-0.15, -0.1) is 0 Å². The van der Waals surface area contributed by atoms with Crippen molar-refractivity contribution < 1.29 is 4.79 Å². The van der Waals surface area contributed by atoms with Crippen molar-refractivity contribution in [1.82, 2.24) is 30.3 Å². The first-order chi connectivity index (χ1) is 14.2. The maximum absolute atomic E-state index is 13.7. The molecule has 1 atom stereocenters. The monoisotopic (exact) mass is 388 g/mol. The van der Waals surface area contributed by atoms with Crippen LogP contribution in [0.15, 0.2) is 36.5 Å². The van der Waals surface area contributed by atoms with Crippen LogP contribution in [0.2, 0.25) is 0 Å². The van der Waals surface area contributed by atoms with E-state index in [0.29, 0.717) is 6.54 Å². The fourth-order valence-electron chi connectivity index (χ4n) is 4.66. The lowest BCUT2D eigenvalue weighted by Gasteiger charge is -2.38. The van der Waals surface area contributed by atoms with Gasteiger partial charge in [0.05, 0.1) is 0 Å². The Morgan fingerprint density at radius 2 is 1.93 bits per heavy atom. The Bertz CT molecular complexity index is 1030. The lowest BCUT2D eigenvalue weighted by atomic mass is 9.91. The van der Waals surface area contributed by atoms with Crippen LogP contribution in [0.1, 0.15) is 22.7 Å². The number of aromatic nitrogens is 3. The number of carbonyl (C=O) groups is 1. The molecule has 1 fully saturated rings. The molecule has 5 rings (SSSR count). The number of amides is 1. The van der Waals surface area contributed by atoms with Crippen LogP contribution >= 0.6 is 0 Å². The summed E-state index contributed by atoms with van der Waals surface area (Å²) in [4.78, 5) is 22.6. The summed E-state index contributed by atoms with van der Waals surface area (Å²) in [5.74, 6) is 0.188. The second kappa shape index (κ2) is 7.61. The number of hydrogen-bond acceptors (Lipinski definition) is 5. The van der Waals surface area contributed by atoms with Crippen molar-refractivity contribution in [2.45, 2.75) is 19.0 Å². The first-order valence-corrected chi connectivity index (χ1v) is 10.3. The third kappa shape index (κ3) is 3.32. The summed E-state index contributed by atoms with van der Waals surface area (Å²) in [5, 5.41) is 11.8. The number of fused-ring (bicyclic) bond motifs is 3. The highest BCUT2D eigenvalue weighted by molar-refractivity contribution is 6.37. The van der Waals surface area contributed by atoms with Crippen molar-refractivity contribution in [3.63, 3.8) is 0 Å². The average molecular weight is 388 g/mol. The molecular weight excluding hydrogens is 363 g/mol. The van der Waals surface area contributed by atoms with Crippen LogP contribution in [0.4, 0.5) is 0 Å². The average Bonchev–Trinajstić information content (AvgIpc) is 3.16. The zero-order valence-electron chi connectivity index (χ0n) is 16.7. The number of carbonyl (C=O) groups excluding carboxylic acids is 1. The SMILES string of the molecule is Bc1n[nH]c2ncc3c(c12)CCN(C(=O)C(c1ccccc1)N1CCNCC1)C3. The topological polar surface area (TPSA) is 77.2 Å². The normalized spacial score (nSPS) is 18.6. The molecule has 2 aliphatic heterocycles. The number of hydrogen-bond donors (Lipinski definition) is 2. The minimum atomic E-state index is -0.229. The molecule has 0 saturated carbocycles. The highest BCUT2D eigenvalue weighted by Gasteiger charge is 2.34. The van der Waals surface area contributed by atoms with Crippen molar-refractivity contribution in [2.24, 2.45) is 0 Å². The van der Waals surface area contributed by atoms with Gasteiger partial charge in [-0.3, -0.25) is 14.8 Å². The number of aromatic amines is 1. The lowest BCUT2D eigenvalue weighted by Crippen LogP contribution is -2.51. The van der Waals surface area contributed by atoms with Gasteiger partial charge in [0.1, 0.15) is 6.04 Å². The quantitative estimate of drug-likeness (QED) is 0.605. The van der Waals surface area contributed by atoms with Gasteiger partial charge in [0.2, 0.25) is 5.91 Å². The molecule has 0 bridgehead atoms. The Labute approximate surface area is 170 Å². The molecule has 0 aliphatic carbocycles. The number of pyridine rings is 1. The molecule has 0 spiro atoms. The molecule has 1 saturated heterocycles. The third-order valence-electron chi connectivity index (χ3n) is 6.14. The van der Waals surface area contributed by atoms with Crippen molar-refractivity contribution >= 4 is 30.4 Å². The standard InChI is InChI=1S/C21H25BN6O/c22-19-17-16-6-9-28(13-15(16)12-24-20(17)26-25-19)21(29)18(14-4-2-1-3-5-14)27-10-7-23-8-11-27/h1-5,12,18,23H,6-11,13,22H2,(H,24,25,26). The van der Waals surface area contributed by atoms with Gasteiger partial charge in [-0.25, -0.2) is 4.98 Å². The largest absolute Gasteiger partial charge is 0.336 e. The maximum atomic E-state index is 13.7. The second-order valence-corrected chi connectivity index (χ2v) is 7.90. The molecule has 2 aliphatic rings. The van der Waals surface area contributed by atoms with Crippen LogP contribution < -0.4 is 10.9 Å². The van der Waals surface area contributed by atoms with E-state index in [-0.39, 0.29) is 11.9 Å². The van der Waals surface area contributed by atoms with Crippen LogP contribution in [-0.2, 0) is 17.8 Å². The van der Waals surface area contributed by atoms with Crippen molar-refractivity contribution in [3.05, 3.63) is 53.2 Å². The molecule has 1 aromatic carbocycles. The zero-order chi connectivity index (χ0) is 19.8. The summed E-state index contributed by atoms with van der Waals surface area (Å²) < 4.78 is 0. The number of H-pyrrole nitrogens is 1. The van der Waals surface area contributed by atoms with Gasteiger partial charge in [-0.05, 0) is 23.1 Å². The van der Waals surface area contributed by atoms with Crippen molar-refractivity contribution in [3.8, 4) is 0 Å². The zero-order valence-corrected chi connectivity index (χ0v) is 16.7. The molecular formula is C21H25BN6O. The van der Waals surface area contributed by atoms with Crippen molar-refractivity contribution in [2.75, 3.05) is 32.7 Å². The molecule has 1 amide bonds. The van der Waals surface area contributed by atoms with E-state index in [1.165, 1.54) is 5.56 Å². The van der Waals surface area contributed by atoms with Crippen molar-refractivity contribution in [1.29, 1.82) is 0 Å². The van der Waals surface area contributed by atoms with Gasteiger partial charge < -0.3 is 10.2 Å². The molecule has 148 valence electrons. The summed E-state index contributed by atoms with van der Waals surface area (Å²) >= 11 is 0. The molecule has 7 nitrogen and oxygen atoms in total. The fraction of sp³-hybridized carbons (Fsp3) is 0.381. The second-order valence-electron chi connectivity index (χ2n) is 7.90. The maximum Gasteiger partial charge on any atom is 0.244 e. The van der Waals surface area contributed by atoms with E-state index in [2.05, 4.69) is 37.5 Å². The van der Waals surface area contributed by atoms with E-state index < -0.39 is 0 Å². The Hall–Kier alpha value is -2.71. The Morgan fingerprint density at radius 1 is 1.14 bits per heavy atom.